The number of carbonyl (C=O) groups is 3. The molecule has 1 heterocycles. The number of ether oxygens (including phenoxy) is 1. The van der Waals surface area contributed by atoms with Gasteiger partial charge >= 0.3 is 5.97 Å². The zero-order valence-corrected chi connectivity index (χ0v) is 17.1. The minimum absolute atomic E-state index is 0.129. The number of ketones is 2. The molecule has 1 aromatic carbocycles. The van der Waals surface area contributed by atoms with Gasteiger partial charge in [-0.05, 0) is 45.7 Å². The minimum atomic E-state index is -3.56. The van der Waals surface area contributed by atoms with Gasteiger partial charge in [-0.2, -0.15) is 0 Å². The van der Waals surface area contributed by atoms with E-state index in [1.807, 2.05) is 0 Å². The fraction of sp³-hybridized carbons (Fsp3) is 0.450. The average Bonchev–Trinajstić information content (AvgIpc) is 3.30. The Morgan fingerprint density at radius 1 is 1.14 bits per heavy atom. The number of benzene rings is 1. The highest BCUT2D eigenvalue weighted by molar-refractivity contribution is 7.89. The van der Waals surface area contributed by atoms with Gasteiger partial charge in [-0.15, -0.1) is 0 Å². The van der Waals surface area contributed by atoms with Gasteiger partial charge in [0.2, 0.25) is 10.0 Å². The standard InChI is InChI=1S/C20H23NO6S/c1-20(2,3)27-19(24)16(17(22)12-8-9-12)18(23)14-6-5-7-15-13(14)10-11-21(15)28(4,25)26/h5-7,10-12,16H,8-9H2,1-4H3. The maximum absolute atomic E-state index is 13.2. The van der Waals surface area contributed by atoms with Gasteiger partial charge in [0.25, 0.3) is 0 Å². The van der Waals surface area contributed by atoms with Crippen molar-refractivity contribution >= 4 is 38.5 Å². The van der Waals surface area contributed by atoms with E-state index in [0.717, 1.165) is 10.2 Å². The third kappa shape index (κ3) is 4.01. The molecule has 150 valence electrons. The first-order valence-electron chi connectivity index (χ1n) is 9.01. The Morgan fingerprint density at radius 3 is 2.32 bits per heavy atom. The normalized spacial score (nSPS) is 16.0. The van der Waals surface area contributed by atoms with Crippen molar-refractivity contribution < 1.29 is 27.5 Å². The van der Waals surface area contributed by atoms with Crippen molar-refractivity contribution in [3.63, 3.8) is 0 Å². The second-order valence-electron chi connectivity index (χ2n) is 8.12. The quantitative estimate of drug-likeness (QED) is 0.416. The maximum atomic E-state index is 13.2. The predicted molar refractivity (Wildman–Crippen MR) is 104 cm³/mol. The largest absolute Gasteiger partial charge is 0.459 e. The topological polar surface area (TPSA) is 99.5 Å². The molecule has 1 saturated carbocycles. The number of rotatable bonds is 6. The molecular weight excluding hydrogens is 382 g/mol. The van der Waals surface area contributed by atoms with E-state index in [2.05, 4.69) is 0 Å². The molecule has 0 N–H and O–H groups in total. The molecule has 0 saturated heterocycles. The highest BCUT2D eigenvalue weighted by Gasteiger charge is 2.44. The molecule has 28 heavy (non-hydrogen) atoms. The molecule has 2 aromatic rings. The lowest BCUT2D eigenvalue weighted by atomic mass is 9.89. The summed E-state index contributed by atoms with van der Waals surface area (Å²) in [4.78, 5) is 38.6. The molecule has 7 nitrogen and oxygen atoms in total. The van der Waals surface area contributed by atoms with Gasteiger partial charge in [-0.3, -0.25) is 14.4 Å². The molecule has 8 heteroatoms. The van der Waals surface area contributed by atoms with Crippen LogP contribution in [0.25, 0.3) is 10.9 Å². The summed E-state index contributed by atoms with van der Waals surface area (Å²) < 4.78 is 30.3. The molecule has 1 fully saturated rings. The van der Waals surface area contributed by atoms with E-state index in [1.165, 1.54) is 24.4 Å². The van der Waals surface area contributed by atoms with Crippen LogP contribution in [0.5, 0.6) is 0 Å². The molecule has 3 rings (SSSR count). The summed E-state index contributed by atoms with van der Waals surface area (Å²) in [5.41, 5.74) is -0.398. The number of esters is 1. The SMILES string of the molecule is CC(C)(C)OC(=O)C(C(=O)c1cccc2c1ccn2S(C)(=O)=O)C(=O)C1CC1. The Morgan fingerprint density at radius 2 is 1.79 bits per heavy atom. The summed E-state index contributed by atoms with van der Waals surface area (Å²) in [7, 11) is -3.56. The smallest absolute Gasteiger partial charge is 0.325 e. The van der Waals surface area contributed by atoms with Crippen LogP contribution in [-0.4, -0.2) is 41.8 Å². The Bertz CT molecular complexity index is 1070. The molecule has 0 spiro atoms. The Balaban J connectivity index is 2.07. The van der Waals surface area contributed by atoms with Crippen LogP contribution in [0.3, 0.4) is 0 Å². The van der Waals surface area contributed by atoms with Crippen LogP contribution in [-0.2, 0) is 24.3 Å². The number of nitrogens with zero attached hydrogens (tertiary/aromatic N) is 1. The van der Waals surface area contributed by atoms with Crippen LogP contribution < -0.4 is 0 Å². The van der Waals surface area contributed by atoms with Crippen molar-refractivity contribution in [3.8, 4) is 0 Å². The van der Waals surface area contributed by atoms with Crippen molar-refractivity contribution in [2.45, 2.75) is 39.2 Å². The zero-order valence-electron chi connectivity index (χ0n) is 16.3. The van der Waals surface area contributed by atoms with Crippen LogP contribution in [0, 0.1) is 11.8 Å². The van der Waals surface area contributed by atoms with Crippen molar-refractivity contribution in [2.24, 2.45) is 11.8 Å². The Kier molecular flexibility index (Phi) is 4.95. The van der Waals surface area contributed by atoms with Gasteiger partial charge in [0.05, 0.1) is 11.8 Å². The minimum Gasteiger partial charge on any atom is -0.459 e. The maximum Gasteiger partial charge on any atom is 0.325 e. The van der Waals surface area contributed by atoms with Gasteiger partial charge < -0.3 is 4.74 Å². The van der Waals surface area contributed by atoms with Gasteiger partial charge in [0.1, 0.15) is 5.60 Å². The second kappa shape index (κ2) is 6.84. The molecule has 1 atom stereocenters. The molecule has 1 unspecified atom stereocenters. The van der Waals surface area contributed by atoms with Gasteiger partial charge in [-0.1, -0.05) is 12.1 Å². The summed E-state index contributed by atoms with van der Waals surface area (Å²) in [6.07, 6.45) is 3.71. The Labute approximate surface area is 163 Å². The molecule has 1 aliphatic carbocycles. The van der Waals surface area contributed by atoms with Crippen LogP contribution in [0.2, 0.25) is 0 Å². The number of carbonyl (C=O) groups excluding carboxylic acids is 3. The molecule has 1 aromatic heterocycles. The van der Waals surface area contributed by atoms with Crippen LogP contribution in [0.15, 0.2) is 30.5 Å². The number of hydrogen-bond donors (Lipinski definition) is 0. The third-order valence-corrected chi connectivity index (χ3v) is 5.52. The first kappa shape index (κ1) is 20.3. The number of aromatic nitrogens is 1. The van der Waals surface area contributed by atoms with Gasteiger partial charge in [0, 0.05) is 23.1 Å². The Hall–Kier alpha value is -2.48. The molecule has 0 bridgehead atoms. The van der Waals surface area contributed by atoms with Gasteiger partial charge in [-0.25, -0.2) is 12.4 Å². The molecule has 0 aliphatic heterocycles. The van der Waals surface area contributed by atoms with E-state index < -0.39 is 39.1 Å². The number of Topliss-reactive ketones (excluding diaryl/α,β-unsaturated/α-hetero) is 2. The summed E-state index contributed by atoms with van der Waals surface area (Å²) in [6, 6.07) is 6.09. The summed E-state index contributed by atoms with van der Waals surface area (Å²) >= 11 is 0. The number of fused-ring (bicyclic) bond motifs is 1. The average molecular weight is 405 g/mol. The zero-order chi connectivity index (χ0) is 20.9. The van der Waals surface area contributed by atoms with Gasteiger partial charge in [0.15, 0.2) is 17.5 Å². The molecule has 0 radical (unpaired) electrons. The second-order valence-corrected chi connectivity index (χ2v) is 9.98. The highest BCUT2D eigenvalue weighted by atomic mass is 32.2. The van der Waals surface area contributed by atoms with Crippen molar-refractivity contribution in [1.82, 2.24) is 3.97 Å². The van der Waals surface area contributed by atoms with E-state index in [9.17, 15) is 22.8 Å². The van der Waals surface area contributed by atoms with E-state index in [-0.39, 0.29) is 11.5 Å². The lowest BCUT2D eigenvalue weighted by Crippen LogP contribution is -2.38. The lowest BCUT2D eigenvalue weighted by Gasteiger charge is -2.23. The summed E-state index contributed by atoms with van der Waals surface area (Å²) in [5, 5.41) is 0.370. The molecular formula is C20H23NO6S. The van der Waals surface area contributed by atoms with Crippen LogP contribution in [0.4, 0.5) is 0 Å². The fourth-order valence-electron chi connectivity index (χ4n) is 3.12. The van der Waals surface area contributed by atoms with Crippen molar-refractivity contribution in [3.05, 3.63) is 36.0 Å². The van der Waals surface area contributed by atoms with E-state index in [1.54, 1.807) is 26.8 Å². The molecule has 0 amide bonds. The van der Waals surface area contributed by atoms with E-state index in [4.69, 9.17) is 4.74 Å². The van der Waals surface area contributed by atoms with Crippen LogP contribution >= 0.6 is 0 Å². The highest BCUT2D eigenvalue weighted by Crippen LogP contribution is 2.35. The first-order chi connectivity index (χ1) is 12.9. The fourth-order valence-corrected chi connectivity index (χ4v) is 3.92. The van der Waals surface area contributed by atoms with Crippen molar-refractivity contribution in [2.75, 3.05) is 6.26 Å². The first-order valence-corrected chi connectivity index (χ1v) is 10.9. The van der Waals surface area contributed by atoms with Crippen molar-refractivity contribution in [1.29, 1.82) is 0 Å². The lowest BCUT2D eigenvalue weighted by molar-refractivity contribution is -0.160. The van der Waals surface area contributed by atoms with E-state index in [0.29, 0.717) is 23.7 Å². The molecule has 1 aliphatic rings. The van der Waals surface area contributed by atoms with E-state index >= 15 is 0 Å². The number of hydrogen-bond acceptors (Lipinski definition) is 6. The van der Waals surface area contributed by atoms with Crippen LogP contribution in [0.1, 0.15) is 44.0 Å². The summed E-state index contributed by atoms with van der Waals surface area (Å²) in [6.45, 7) is 5.00. The third-order valence-electron chi connectivity index (χ3n) is 4.49. The predicted octanol–water partition coefficient (Wildman–Crippen LogP) is 2.57. The summed E-state index contributed by atoms with van der Waals surface area (Å²) in [5.74, 6) is -3.81. The monoisotopic (exact) mass is 405 g/mol.